The number of hydrogen-bond donors (Lipinski definition) is 0. The molecule has 15 rings (SSSR count). The number of rotatable bonds is 5. The Hall–Kier alpha value is -6.64. The van der Waals surface area contributed by atoms with E-state index >= 15 is 0 Å². The van der Waals surface area contributed by atoms with Crippen molar-refractivity contribution in [1.82, 2.24) is 4.57 Å². The highest BCUT2D eigenvalue weighted by Crippen LogP contribution is 2.69. The number of para-hydroxylation sites is 2. The van der Waals surface area contributed by atoms with Crippen LogP contribution in [0.2, 0.25) is 0 Å². The van der Waals surface area contributed by atoms with Crippen LogP contribution in [-0.2, 0) is 10.8 Å². The topological polar surface area (TPSA) is 8.17 Å². The molecule has 1 spiro atoms. The van der Waals surface area contributed by atoms with Crippen molar-refractivity contribution in [3.8, 4) is 39.1 Å². The molecule has 6 aliphatic rings. The van der Waals surface area contributed by atoms with Gasteiger partial charge in [-0.15, -0.1) is 0 Å². The minimum Gasteiger partial charge on any atom is -0.310 e. The van der Waals surface area contributed by atoms with E-state index in [0.717, 1.165) is 46.4 Å². The molecule has 8 aromatic carbocycles. The van der Waals surface area contributed by atoms with Gasteiger partial charge in [0.05, 0.1) is 11.0 Å². The summed E-state index contributed by atoms with van der Waals surface area (Å²) in [5.74, 6) is 3.45. The first kappa shape index (κ1) is 35.9. The van der Waals surface area contributed by atoms with Crippen molar-refractivity contribution >= 4 is 38.9 Å². The number of aromatic nitrogens is 1. The quantitative estimate of drug-likeness (QED) is 0.168. The Morgan fingerprint density at radius 3 is 1.68 bits per heavy atom. The second kappa shape index (κ2) is 13.0. The lowest BCUT2D eigenvalue weighted by Gasteiger charge is -2.61. The molecular weight excluding hydrogens is 761 g/mol. The minimum absolute atomic E-state index is 0.107. The Bertz CT molecular complexity index is 3260. The van der Waals surface area contributed by atoms with Gasteiger partial charge in [0.25, 0.3) is 0 Å². The van der Waals surface area contributed by atoms with Crippen LogP contribution in [-0.4, -0.2) is 4.57 Å². The molecule has 9 aromatic rings. The first-order valence-corrected chi connectivity index (χ1v) is 23.4. The Balaban J connectivity index is 0.896. The van der Waals surface area contributed by atoms with Crippen LogP contribution in [0.4, 0.5) is 17.1 Å². The molecular formula is C61H50N2. The molecule has 1 heterocycles. The van der Waals surface area contributed by atoms with E-state index < -0.39 is 0 Å². The number of benzene rings is 8. The van der Waals surface area contributed by atoms with E-state index in [-0.39, 0.29) is 10.8 Å². The lowest BCUT2D eigenvalue weighted by molar-refractivity contribution is -0.0399. The molecule has 2 heteroatoms. The number of nitrogens with zero attached hydrogens (tertiary/aromatic N) is 2. The monoisotopic (exact) mass is 810 g/mol. The summed E-state index contributed by atoms with van der Waals surface area (Å²) in [6, 6.07) is 69.2. The summed E-state index contributed by atoms with van der Waals surface area (Å²) >= 11 is 0. The fourth-order valence-electron chi connectivity index (χ4n) is 14.4. The second-order valence-electron chi connectivity index (χ2n) is 20.2. The molecule has 6 aliphatic carbocycles. The Kier molecular flexibility index (Phi) is 7.38. The first-order valence-electron chi connectivity index (χ1n) is 23.4. The molecule has 4 saturated carbocycles. The highest BCUT2D eigenvalue weighted by Gasteiger charge is 2.61. The van der Waals surface area contributed by atoms with Gasteiger partial charge >= 0.3 is 0 Å². The minimum atomic E-state index is -0.107. The van der Waals surface area contributed by atoms with Crippen LogP contribution in [0.15, 0.2) is 182 Å². The van der Waals surface area contributed by atoms with Crippen LogP contribution in [0.5, 0.6) is 0 Å². The normalized spacial score (nSPS) is 23.0. The summed E-state index contributed by atoms with van der Waals surface area (Å²) in [6.45, 7) is 4.76. The van der Waals surface area contributed by atoms with Gasteiger partial charge in [-0.3, -0.25) is 0 Å². The van der Waals surface area contributed by atoms with Gasteiger partial charge in [0, 0.05) is 44.4 Å². The summed E-state index contributed by atoms with van der Waals surface area (Å²) in [5.41, 5.74) is 21.3. The molecule has 0 unspecified atom stereocenters. The molecule has 1 aromatic heterocycles. The van der Waals surface area contributed by atoms with Gasteiger partial charge in [-0.1, -0.05) is 135 Å². The van der Waals surface area contributed by atoms with Gasteiger partial charge in [-0.25, -0.2) is 0 Å². The molecule has 4 bridgehead atoms. The second-order valence-corrected chi connectivity index (χ2v) is 20.2. The Labute approximate surface area is 370 Å². The average molecular weight is 811 g/mol. The maximum Gasteiger partial charge on any atom is 0.0541 e. The predicted octanol–water partition coefficient (Wildman–Crippen LogP) is 15.9. The smallest absolute Gasteiger partial charge is 0.0541 e. The van der Waals surface area contributed by atoms with Gasteiger partial charge in [-0.05, 0) is 172 Å². The maximum absolute atomic E-state index is 2.55. The third-order valence-corrected chi connectivity index (χ3v) is 16.8. The van der Waals surface area contributed by atoms with Gasteiger partial charge in [0.15, 0.2) is 0 Å². The van der Waals surface area contributed by atoms with E-state index in [4.69, 9.17) is 0 Å². The zero-order chi connectivity index (χ0) is 41.6. The van der Waals surface area contributed by atoms with Crippen LogP contribution < -0.4 is 4.90 Å². The molecule has 2 nitrogen and oxygen atoms in total. The van der Waals surface area contributed by atoms with E-state index in [2.05, 4.69) is 205 Å². The zero-order valence-corrected chi connectivity index (χ0v) is 36.1. The molecule has 0 atom stereocenters. The van der Waals surface area contributed by atoms with Gasteiger partial charge in [0.1, 0.15) is 0 Å². The first-order chi connectivity index (χ1) is 30.9. The highest BCUT2D eigenvalue weighted by atomic mass is 15.1. The van der Waals surface area contributed by atoms with Crippen LogP contribution in [0.3, 0.4) is 0 Å². The number of anilines is 3. The molecule has 304 valence electrons. The molecule has 0 aliphatic heterocycles. The van der Waals surface area contributed by atoms with Crippen molar-refractivity contribution in [2.75, 3.05) is 4.90 Å². The van der Waals surface area contributed by atoms with Crippen LogP contribution in [0, 0.1) is 23.7 Å². The summed E-state index contributed by atoms with van der Waals surface area (Å²) in [6.07, 6.45) is 7.14. The van der Waals surface area contributed by atoms with E-state index in [1.165, 1.54) is 98.4 Å². The number of hydrogen-bond acceptors (Lipinski definition) is 1. The molecule has 0 amide bonds. The lowest BCUT2D eigenvalue weighted by Crippen LogP contribution is -2.55. The summed E-state index contributed by atoms with van der Waals surface area (Å²) in [7, 11) is 0. The van der Waals surface area contributed by atoms with Gasteiger partial charge in [0.2, 0.25) is 0 Å². The SMILES string of the molecule is CC1(C)c2ccccc2-c2ccc(N(c3ccc(-c4ccc5c(c4)-c4ccccc4C54C5CC6CC(C5)CC4C6)cc3)c3cccc(-n4c5ccccc5c5ccccc54)c3)cc21. The number of fused-ring (bicyclic) bond motifs is 9. The molecule has 4 fully saturated rings. The predicted molar refractivity (Wildman–Crippen MR) is 262 cm³/mol. The largest absolute Gasteiger partial charge is 0.310 e. The van der Waals surface area contributed by atoms with E-state index in [1.54, 1.807) is 11.1 Å². The standard InChI is InChI=1S/C61H50N2/c1-60(2)54-18-7-3-14-48(54)50-28-27-47(37-57(50)60)62(45-12-11-13-46(36-45)63-58-20-9-5-16-51(58)52-17-6-10-21-59(52)63)44-25-22-40(23-26-44)41-24-29-56-53(35-41)49-15-4-8-19-55(49)61(56)42-31-38-30-39(33-42)34-43(61)32-38/h3-29,35-39,42-43H,30-34H2,1-2H3. The van der Waals surface area contributed by atoms with Crippen molar-refractivity contribution < 1.29 is 0 Å². The van der Waals surface area contributed by atoms with Crippen LogP contribution in [0.1, 0.15) is 68.2 Å². The molecule has 0 N–H and O–H groups in total. The third kappa shape index (κ3) is 4.90. The summed E-state index contributed by atoms with van der Waals surface area (Å²) in [4.78, 5) is 2.47. The average Bonchev–Trinajstić information content (AvgIpc) is 3.89. The molecule has 0 saturated heterocycles. The van der Waals surface area contributed by atoms with Crippen molar-refractivity contribution in [1.29, 1.82) is 0 Å². The molecule has 63 heavy (non-hydrogen) atoms. The van der Waals surface area contributed by atoms with Crippen molar-refractivity contribution in [3.05, 3.63) is 204 Å². The van der Waals surface area contributed by atoms with Crippen LogP contribution >= 0.6 is 0 Å². The van der Waals surface area contributed by atoms with Gasteiger partial charge < -0.3 is 9.47 Å². The lowest BCUT2D eigenvalue weighted by atomic mass is 9.43. The fraction of sp³-hybridized carbons (Fsp3) is 0.213. The Morgan fingerprint density at radius 2 is 0.968 bits per heavy atom. The Morgan fingerprint density at radius 1 is 0.413 bits per heavy atom. The summed E-state index contributed by atoms with van der Waals surface area (Å²) in [5, 5.41) is 2.55. The third-order valence-electron chi connectivity index (χ3n) is 16.8. The fourth-order valence-corrected chi connectivity index (χ4v) is 14.4. The zero-order valence-electron chi connectivity index (χ0n) is 36.1. The molecule has 0 radical (unpaired) electrons. The van der Waals surface area contributed by atoms with E-state index in [1.807, 2.05) is 0 Å². The van der Waals surface area contributed by atoms with E-state index in [9.17, 15) is 0 Å². The van der Waals surface area contributed by atoms with Crippen LogP contribution in [0.25, 0.3) is 60.9 Å². The van der Waals surface area contributed by atoms with Crippen molar-refractivity contribution in [2.24, 2.45) is 23.7 Å². The highest BCUT2D eigenvalue weighted by molar-refractivity contribution is 6.09. The maximum atomic E-state index is 2.55. The van der Waals surface area contributed by atoms with Gasteiger partial charge in [-0.2, -0.15) is 0 Å². The summed E-state index contributed by atoms with van der Waals surface area (Å²) < 4.78 is 2.43. The van der Waals surface area contributed by atoms with Crippen molar-refractivity contribution in [3.63, 3.8) is 0 Å². The van der Waals surface area contributed by atoms with E-state index in [0.29, 0.717) is 0 Å². The van der Waals surface area contributed by atoms with Crippen molar-refractivity contribution in [2.45, 2.75) is 56.8 Å².